The molecule has 1 saturated heterocycles. The second kappa shape index (κ2) is 8.94. The molecule has 1 heterocycles. The summed E-state index contributed by atoms with van der Waals surface area (Å²) in [5.41, 5.74) is 3.21. The molecule has 1 N–H and O–H groups in total. The minimum atomic E-state index is 0. The third kappa shape index (κ3) is 4.56. The van der Waals surface area contributed by atoms with Crippen LogP contribution in [-0.4, -0.2) is 56.6 Å². The lowest BCUT2D eigenvalue weighted by atomic mass is 9.48. The average molecular weight is 539 g/mol. The topological polar surface area (TPSA) is 38.3 Å². The van der Waals surface area contributed by atoms with Gasteiger partial charge in [-0.1, -0.05) is 12.1 Å². The Morgan fingerprint density at radius 2 is 1.77 bits per heavy atom. The van der Waals surface area contributed by atoms with Gasteiger partial charge in [0.25, 0.3) is 0 Å². The minimum absolute atomic E-state index is 0. The second-order valence-corrected chi connectivity index (χ2v) is 11.5. The number of piperazine rings is 1. The number of hydrogen-bond acceptors (Lipinski definition) is 3. The van der Waals surface area contributed by atoms with Crippen LogP contribution in [0.1, 0.15) is 56.1 Å². The molecule has 4 bridgehead atoms. The Kier molecular flexibility index (Phi) is 6.78. The van der Waals surface area contributed by atoms with E-state index in [9.17, 15) is 4.79 Å². The molecule has 5 heteroatoms. The smallest absolute Gasteiger partial charge is 0.194 e. The van der Waals surface area contributed by atoms with E-state index in [-0.39, 0.29) is 30.0 Å². The normalized spacial score (nSPS) is 35.5. The van der Waals surface area contributed by atoms with E-state index in [1.165, 1.54) is 44.1 Å². The summed E-state index contributed by atoms with van der Waals surface area (Å²) >= 11 is 0. The number of carbonyl (C=O) groups excluding carboxylic acids is 1. The third-order valence-corrected chi connectivity index (χ3v) is 8.85. The maximum atomic E-state index is 12.8. The molecule has 0 aromatic heterocycles. The number of carbonyl (C=O) groups is 1. The van der Waals surface area contributed by atoms with E-state index in [0.29, 0.717) is 24.2 Å². The summed E-state index contributed by atoms with van der Waals surface area (Å²) in [6, 6.07) is 6.95. The van der Waals surface area contributed by atoms with E-state index >= 15 is 0 Å². The zero-order valence-electron chi connectivity index (χ0n) is 19.5. The second-order valence-electron chi connectivity index (χ2n) is 11.5. The summed E-state index contributed by atoms with van der Waals surface area (Å²) in [5, 5.41) is 3.37. The molecule has 1 aromatic carbocycles. The van der Waals surface area contributed by atoms with Crippen LogP contribution in [0, 0.1) is 24.7 Å². The monoisotopic (exact) mass is 538 g/mol. The zero-order chi connectivity index (χ0) is 20.9. The lowest BCUT2D eigenvalue weighted by molar-refractivity contribution is -0.907. The summed E-state index contributed by atoms with van der Waals surface area (Å²) in [7, 11) is 4.33. The first-order chi connectivity index (χ1) is 14.3. The molecule has 5 fully saturated rings. The number of halogens is 1. The molecule has 1 aromatic rings. The van der Waals surface area contributed by atoms with Crippen LogP contribution >= 0.6 is 0 Å². The van der Waals surface area contributed by atoms with Gasteiger partial charge in [-0.15, -0.1) is 0 Å². The predicted molar refractivity (Wildman–Crippen MR) is 120 cm³/mol. The molecule has 1 unspecified atom stereocenters. The fraction of sp³-hybridized carbons (Fsp3) is 0.731. The standard InChI is InChI=1S/C26H39N2O2.HI/c1-18-10-22(26-14-19-11-20(15-26)13-21(12-19)16-26)4-5-25(18)30-9-6-24(29)23-17-27-7-8-28(23,2)3;/h4-5,10,19-21,23,27H,6-9,11-17H2,1-3H3;1H/q+1;/p-1. The highest BCUT2D eigenvalue weighted by molar-refractivity contribution is 5.83. The van der Waals surface area contributed by atoms with E-state index < -0.39 is 0 Å². The number of likely N-dealkylation sites (N-methyl/N-ethyl adjacent to an activating group) is 1. The number of aryl methyl sites for hydroxylation is 1. The molecule has 4 nitrogen and oxygen atoms in total. The van der Waals surface area contributed by atoms with Crippen LogP contribution in [-0.2, 0) is 10.2 Å². The number of quaternary nitrogens is 1. The molecular formula is C26H39IN2O2. The Hall–Kier alpha value is -0.660. The number of ketones is 1. The number of nitrogens with one attached hydrogen (secondary N) is 1. The van der Waals surface area contributed by atoms with E-state index in [4.69, 9.17) is 4.74 Å². The predicted octanol–water partition coefficient (Wildman–Crippen LogP) is 0.853. The van der Waals surface area contributed by atoms with Crippen molar-refractivity contribution in [2.45, 2.75) is 63.3 Å². The lowest BCUT2D eigenvalue weighted by Crippen LogP contribution is -3.00. The molecule has 6 rings (SSSR count). The first-order valence-electron chi connectivity index (χ1n) is 12.1. The Morgan fingerprint density at radius 1 is 1.13 bits per heavy atom. The Morgan fingerprint density at radius 3 is 2.35 bits per heavy atom. The number of ether oxygens (including phenoxy) is 1. The van der Waals surface area contributed by atoms with Crippen LogP contribution in [0.5, 0.6) is 5.75 Å². The zero-order valence-corrected chi connectivity index (χ0v) is 21.6. The highest BCUT2D eigenvalue weighted by Gasteiger charge is 2.51. The molecule has 0 radical (unpaired) electrons. The quantitative estimate of drug-likeness (QED) is 0.432. The maximum Gasteiger partial charge on any atom is 0.194 e. The summed E-state index contributed by atoms with van der Waals surface area (Å²) < 4.78 is 6.87. The Bertz CT molecular complexity index is 786. The van der Waals surface area contributed by atoms with E-state index in [0.717, 1.165) is 47.6 Å². The van der Waals surface area contributed by atoms with Gasteiger partial charge < -0.3 is 38.5 Å². The fourth-order valence-corrected chi connectivity index (χ4v) is 7.55. The van der Waals surface area contributed by atoms with Crippen molar-refractivity contribution in [2.24, 2.45) is 17.8 Å². The van der Waals surface area contributed by atoms with Gasteiger partial charge >= 0.3 is 0 Å². The minimum Gasteiger partial charge on any atom is -1.00 e. The third-order valence-electron chi connectivity index (χ3n) is 8.85. The summed E-state index contributed by atoms with van der Waals surface area (Å²) in [6.45, 7) is 5.43. The summed E-state index contributed by atoms with van der Waals surface area (Å²) in [6.07, 6.45) is 9.15. The van der Waals surface area contributed by atoms with Gasteiger partial charge in [-0.25, -0.2) is 0 Å². The SMILES string of the molecule is Cc1cc(C23CC4CC(CC(C4)C2)C3)ccc1OCCC(=O)C1CNCC[N+]1(C)C.[I-]. The molecule has 1 atom stereocenters. The van der Waals surface area contributed by atoms with Crippen molar-refractivity contribution in [1.82, 2.24) is 5.32 Å². The lowest BCUT2D eigenvalue weighted by Gasteiger charge is -2.57. The first-order valence-corrected chi connectivity index (χ1v) is 12.1. The molecule has 172 valence electrons. The highest BCUT2D eigenvalue weighted by atomic mass is 127. The van der Waals surface area contributed by atoms with Gasteiger partial charge in [0.15, 0.2) is 11.8 Å². The molecular weight excluding hydrogens is 499 g/mol. The number of rotatable bonds is 6. The van der Waals surface area contributed by atoms with E-state index in [2.05, 4.69) is 44.5 Å². The molecule has 5 aliphatic rings. The van der Waals surface area contributed by atoms with Crippen molar-refractivity contribution in [3.63, 3.8) is 0 Å². The number of nitrogens with zero attached hydrogens (tertiary/aromatic N) is 1. The molecule has 0 amide bonds. The van der Waals surface area contributed by atoms with Gasteiger partial charge in [0.05, 0.1) is 33.8 Å². The Labute approximate surface area is 205 Å². The first kappa shape index (κ1) is 23.5. The maximum absolute atomic E-state index is 12.8. The molecule has 4 saturated carbocycles. The largest absolute Gasteiger partial charge is 1.00 e. The van der Waals surface area contributed by atoms with Crippen LogP contribution in [0.15, 0.2) is 18.2 Å². The molecule has 4 aliphatic carbocycles. The van der Waals surface area contributed by atoms with Crippen LogP contribution < -0.4 is 34.0 Å². The molecule has 0 spiro atoms. The van der Waals surface area contributed by atoms with Crippen molar-refractivity contribution in [2.75, 3.05) is 40.3 Å². The van der Waals surface area contributed by atoms with Crippen molar-refractivity contribution in [3.8, 4) is 5.75 Å². The van der Waals surface area contributed by atoms with Crippen molar-refractivity contribution in [3.05, 3.63) is 29.3 Å². The molecule has 1 aliphatic heterocycles. The number of Topliss-reactive ketones (excluding diaryl/α,β-unsaturated/α-hetero) is 1. The number of benzene rings is 1. The van der Waals surface area contributed by atoms with Crippen molar-refractivity contribution in [1.29, 1.82) is 0 Å². The van der Waals surface area contributed by atoms with Crippen LogP contribution in [0.2, 0.25) is 0 Å². The summed E-state index contributed by atoms with van der Waals surface area (Å²) in [5.74, 6) is 4.17. The average Bonchev–Trinajstić information content (AvgIpc) is 2.67. The van der Waals surface area contributed by atoms with E-state index in [1.54, 1.807) is 5.56 Å². The fourth-order valence-electron chi connectivity index (χ4n) is 7.55. The van der Waals surface area contributed by atoms with Gasteiger partial charge in [-0.3, -0.25) is 4.79 Å². The van der Waals surface area contributed by atoms with Gasteiger partial charge in [-0.05, 0) is 85.8 Å². The van der Waals surface area contributed by atoms with E-state index in [1.807, 2.05) is 0 Å². The molecule has 31 heavy (non-hydrogen) atoms. The van der Waals surface area contributed by atoms with Gasteiger partial charge in [0.2, 0.25) is 0 Å². The van der Waals surface area contributed by atoms with Crippen molar-refractivity contribution < 1.29 is 38.0 Å². The number of hydrogen-bond donors (Lipinski definition) is 1. The van der Waals surface area contributed by atoms with Crippen molar-refractivity contribution >= 4 is 5.78 Å². The van der Waals surface area contributed by atoms with Gasteiger partial charge in [-0.2, -0.15) is 0 Å². The Balaban J connectivity index is 0.00000231. The van der Waals surface area contributed by atoms with Crippen LogP contribution in [0.25, 0.3) is 0 Å². The van der Waals surface area contributed by atoms with Gasteiger partial charge in [0.1, 0.15) is 5.75 Å². The van der Waals surface area contributed by atoms with Crippen LogP contribution in [0.4, 0.5) is 0 Å². The van der Waals surface area contributed by atoms with Crippen LogP contribution in [0.3, 0.4) is 0 Å². The van der Waals surface area contributed by atoms with Gasteiger partial charge in [0, 0.05) is 13.0 Å². The highest BCUT2D eigenvalue weighted by Crippen LogP contribution is 2.60. The summed E-state index contributed by atoms with van der Waals surface area (Å²) in [4.78, 5) is 12.8.